The van der Waals surface area contributed by atoms with E-state index in [9.17, 15) is 0 Å². The summed E-state index contributed by atoms with van der Waals surface area (Å²) in [6, 6.07) is 3.07. The molecule has 0 aromatic rings. The standard InChI is InChI=1S/C12H21N3/c1-10(7-13)15(8-11-4-5-11)9-12-3-2-6-14-12/h10-12,14H,2-6,8-9H2,1H3. The highest BCUT2D eigenvalue weighted by Crippen LogP contribution is 2.30. The SMILES string of the molecule is CC(C#N)N(CC1CC1)CC1CCCN1. The minimum absolute atomic E-state index is 0.0769. The average molecular weight is 207 g/mol. The Kier molecular flexibility index (Phi) is 3.61. The second kappa shape index (κ2) is 4.96. The quantitative estimate of drug-likeness (QED) is 0.740. The Labute approximate surface area is 92.4 Å². The first kappa shape index (κ1) is 10.9. The Morgan fingerprint density at radius 3 is 2.73 bits per heavy atom. The van der Waals surface area contributed by atoms with Crippen molar-refractivity contribution in [2.75, 3.05) is 19.6 Å². The van der Waals surface area contributed by atoms with Gasteiger partial charge in [-0.05, 0) is 45.1 Å². The first-order valence-corrected chi connectivity index (χ1v) is 6.16. The summed E-state index contributed by atoms with van der Waals surface area (Å²) in [5.74, 6) is 0.877. The molecule has 1 saturated carbocycles. The van der Waals surface area contributed by atoms with Gasteiger partial charge in [-0.3, -0.25) is 4.90 Å². The van der Waals surface area contributed by atoms with Gasteiger partial charge in [-0.1, -0.05) is 0 Å². The van der Waals surface area contributed by atoms with E-state index >= 15 is 0 Å². The van der Waals surface area contributed by atoms with Gasteiger partial charge in [0.25, 0.3) is 0 Å². The first-order valence-electron chi connectivity index (χ1n) is 6.16. The molecule has 3 heteroatoms. The van der Waals surface area contributed by atoms with Crippen LogP contribution in [-0.2, 0) is 0 Å². The average Bonchev–Trinajstić information content (AvgIpc) is 2.91. The third kappa shape index (κ3) is 3.19. The lowest BCUT2D eigenvalue weighted by Gasteiger charge is -2.27. The van der Waals surface area contributed by atoms with Gasteiger partial charge >= 0.3 is 0 Å². The molecule has 3 nitrogen and oxygen atoms in total. The summed E-state index contributed by atoms with van der Waals surface area (Å²) in [5.41, 5.74) is 0. The molecular weight excluding hydrogens is 186 g/mol. The van der Waals surface area contributed by atoms with E-state index in [0.717, 1.165) is 25.6 Å². The van der Waals surface area contributed by atoms with E-state index in [1.54, 1.807) is 0 Å². The van der Waals surface area contributed by atoms with Crippen molar-refractivity contribution in [3.63, 3.8) is 0 Å². The number of rotatable bonds is 5. The van der Waals surface area contributed by atoms with Crippen LogP contribution in [0, 0.1) is 17.2 Å². The van der Waals surface area contributed by atoms with Gasteiger partial charge in [0.2, 0.25) is 0 Å². The fraction of sp³-hybridized carbons (Fsp3) is 0.917. The van der Waals surface area contributed by atoms with E-state index in [0.29, 0.717) is 6.04 Å². The van der Waals surface area contributed by atoms with Crippen molar-refractivity contribution in [1.82, 2.24) is 10.2 Å². The van der Waals surface area contributed by atoms with Gasteiger partial charge < -0.3 is 5.32 Å². The number of nitrogens with one attached hydrogen (secondary N) is 1. The third-order valence-corrected chi connectivity index (χ3v) is 3.54. The van der Waals surface area contributed by atoms with Gasteiger partial charge in [0.05, 0.1) is 12.1 Å². The molecule has 0 amide bonds. The molecule has 0 aromatic carbocycles. The van der Waals surface area contributed by atoms with Gasteiger partial charge in [-0.2, -0.15) is 5.26 Å². The van der Waals surface area contributed by atoms with E-state index in [4.69, 9.17) is 5.26 Å². The van der Waals surface area contributed by atoms with Crippen molar-refractivity contribution in [3.05, 3.63) is 0 Å². The molecule has 2 fully saturated rings. The first-order chi connectivity index (χ1) is 7.29. The number of nitrogens with zero attached hydrogens (tertiary/aromatic N) is 2. The van der Waals surface area contributed by atoms with Crippen LogP contribution in [0.1, 0.15) is 32.6 Å². The highest BCUT2D eigenvalue weighted by atomic mass is 15.2. The molecule has 0 radical (unpaired) electrons. The van der Waals surface area contributed by atoms with Crippen molar-refractivity contribution in [1.29, 1.82) is 5.26 Å². The molecule has 0 spiro atoms. The van der Waals surface area contributed by atoms with Crippen molar-refractivity contribution in [2.24, 2.45) is 5.92 Å². The Morgan fingerprint density at radius 2 is 2.20 bits per heavy atom. The van der Waals surface area contributed by atoms with E-state index in [2.05, 4.69) is 16.3 Å². The minimum Gasteiger partial charge on any atom is -0.313 e. The van der Waals surface area contributed by atoms with Crippen LogP contribution in [0.25, 0.3) is 0 Å². The predicted octanol–water partition coefficient (Wildman–Crippen LogP) is 1.36. The van der Waals surface area contributed by atoms with Crippen LogP contribution in [0.4, 0.5) is 0 Å². The lowest BCUT2D eigenvalue weighted by Crippen LogP contribution is -2.42. The van der Waals surface area contributed by atoms with Crippen molar-refractivity contribution in [2.45, 2.75) is 44.7 Å². The summed E-state index contributed by atoms with van der Waals surface area (Å²) in [6.45, 7) is 5.37. The molecule has 0 aromatic heterocycles. The number of hydrogen-bond acceptors (Lipinski definition) is 3. The normalized spacial score (nSPS) is 27.9. The van der Waals surface area contributed by atoms with E-state index in [-0.39, 0.29) is 6.04 Å². The van der Waals surface area contributed by atoms with Crippen LogP contribution >= 0.6 is 0 Å². The summed E-state index contributed by atoms with van der Waals surface area (Å²) < 4.78 is 0. The molecule has 1 N–H and O–H groups in total. The van der Waals surface area contributed by atoms with Crippen LogP contribution in [0.15, 0.2) is 0 Å². The summed E-state index contributed by atoms with van der Waals surface area (Å²) in [7, 11) is 0. The molecule has 2 rings (SSSR count). The summed E-state index contributed by atoms with van der Waals surface area (Å²) in [5, 5.41) is 12.5. The van der Waals surface area contributed by atoms with Crippen LogP contribution < -0.4 is 5.32 Å². The zero-order valence-corrected chi connectivity index (χ0v) is 9.58. The van der Waals surface area contributed by atoms with Gasteiger partial charge in [-0.25, -0.2) is 0 Å². The Hall–Kier alpha value is -0.590. The van der Waals surface area contributed by atoms with E-state index in [1.165, 1.54) is 25.7 Å². The van der Waals surface area contributed by atoms with Crippen LogP contribution in [0.5, 0.6) is 0 Å². The van der Waals surface area contributed by atoms with Gasteiger partial charge in [0.15, 0.2) is 0 Å². The molecule has 84 valence electrons. The van der Waals surface area contributed by atoms with Gasteiger partial charge in [0, 0.05) is 19.1 Å². The molecule has 1 saturated heterocycles. The second-order valence-electron chi connectivity index (χ2n) is 5.00. The van der Waals surface area contributed by atoms with Crippen molar-refractivity contribution >= 4 is 0 Å². The lowest BCUT2D eigenvalue weighted by molar-refractivity contribution is 0.215. The highest BCUT2D eigenvalue weighted by Gasteiger charge is 2.28. The van der Waals surface area contributed by atoms with Crippen LogP contribution in [0.3, 0.4) is 0 Å². The second-order valence-corrected chi connectivity index (χ2v) is 5.00. The summed E-state index contributed by atoms with van der Waals surface area (Å²) in [4.78, 5) is 2.36. The lowest BCUT2D eigenvalue weighted by atomic mass is 10.2. The minimum atomic E-state index is 0.0769. The largest absolute Gasteiger partial charge is 0.313 e. The highest BCUT2D eigenvalue weighted by molar-refractivity contribution is 4.93. The maximum atomic E-state index is 9.00. The van der Waals surface area contributed by atoms with Crippen molar-refractivity contribution < 1.29 is 0 Å². The summed E-state index contributed by atoms with van der Waals surface area (Å²) in [6.07, 6.45) is 5.31. The van der Waals surface area contributed by atoms with E-state index < -0.39 is 0 Å². The topological polar surface area (TPSA) is 39.1 Å². The molecule has 1 aliphatic carbocycles. The Morgan fingerprint density at radius 1 is 1.40 bits per heavy atom. The maximum absolute atomic E-state index is 9.00. The molecule has 2 atom stereocenters. The molecule has 2 unspecified atom stereocenters. The van der Waals surface area contributed by atoms with Crippen LogP contribution in [-0.4, -0.2) is 36.6 Å². The van der Waals surface area contributed by atoms with E-state index in [1.807, 2.05) is 6.92 Å². The molecule has 2 aliphatic rings. The monoisotopic (exact) mass is 207 g/mol. The smallest absolute Gasteiger partial charge is 0.0949 e. The number of nitriles is 1. The molecule has 15 heavy (non-hydrogen) atoms. The predicted molar refractivity (Wildman–Crippen MR) is 60.4 cm³/mol. The fourth-order valence-electron chi connectivity index (χ4n) is 2.30. The zero-order valence-electron chi connectivity index (χ0n) is 9.58. The molecule has 1 aliphatic heterocycles. The maximum Gasteiger partial charge on any atom is 0.0949 e. The van der Waals surface area contributed by atoms with Crippen LogP contribution in [0.2, 0.25) is 0 Å². The molecular formula is C12H21N3. The summed E-state index contributed by atoms with van der Waals surface area (Å²) >= 11 is 0. The Balaban J connectivity index is 1.82. The van der Waals surface area contributed by atoms with Gasteiger partial charge in [-0.15, -0.1) is 0 Å². The molecule has 1 heterocycles. The zero-order chi connectivity index (χ0) is 10.7. The fourth-order valence-corrected chi connectivity index (χ4v) is 2.30. The number of hydrogen-bond donors (Lipinski definition) is 1. The Bertz CT molecular complexity index is 236. The van der Waals surface area contributed by atoms with Crippen molar-refractivity contribution in [3.8, 4) is 6.07 Å². The molecule has 0 bridgehead atoms. The van der Waals surface area contributed by atoms with Gasteiger partial charge in [0.1, 0.15) is 0 Å². The third-order valence-electron chi connectivity index (χ3n) is 3.54.